The van der Waals surface area contributed by atoms with Crippen LogP contribution in [0.1, 0.15) is 105 Å². The van der Waals surface area contributed by atoms with E-state index in [0.717, 1.165) is 77.8 Å². The fourth-order valence-corrected chi connectivity index (χ4v) is 12.8. The highest BCUT2D eigenvalue weighted by Gasteiger charge is 2.45. The predicted octanol–water partition coefficient (Wildman–Crippen LogP) is 18.6. The highest BCUT2D eigenvalue weighted by atomic mass is 32.1. The van der Waals surface area contributed by atoms with Crippen LogP contribution in [0, 0.1) is 0 Å². The van der Waals surface area contributed by atoms with Gasteiger partial charge in [0.1, 0.15) is 16.2 Å². The molecule has 0 fully saturated rings. The number of hydrogen-bond acceptors (Lipinski definition) is 6. The van der Waals surface area contributed by atoms with Crippen molar-refractivity contribution in [3.8, 4) is 10.6 Å². The Morgan fingerprint density at radius 2 is 0.936 bits per heavy atom. The minimum absolute atomic E-state index is 0.00848. The minimum atomic E-state index is -0.196. The first-order chi connectivity index (χ1) is 37.2. The largest absolute Gasteiger partial charge is 0.456 e. The van der Waals surface area contributed by atoms with Crippen molar-refractivity contribution in [2.45, 2.75) is 105 Å². The second-order valence-electron chi connectivity index (χ2n) is 25.8. The molecule has 13 rings (SSSR count). The summed E-state index contributed by atoms with van der Waals surface area (Å²) in [6, 6.07) is 70.5. The van der Waals surface area contributed by atoms with Gasteiger partial charge in [0, 0.05) is 67.5 Å². The summed E-state index contributed by atoms with van der Waals surface area (Å²) >= 11 is 1.79. The number of nitrogens with zero attached hydrogens (tertiary/aromatic N) is 4. The Kier molecular flexibility index (Phi) is 11.4. The smallest absolute Gasteiger partial charge is 0.252 e. The van der Waals surface area contributed by atoms with Gasteiger partial charge in [0.2, 0.25) is 0 Å². The van der Waals surface area contributed by atoms with Gasteiger partial charge in [0.05, 0.1) is 10.2 Å². The molecular formula is C71H67BN4OS. The summed E-state index contributed by atoms with van der Waals surface area (Å²) in [7, 11) is 0. The molecule has 0 spiro atoms. The third-order valence-electron chi connectivity index (χ3n) is 16.3. The number of thiazole rings is 1. The van der Waals surface area contributed by atoms with Crippen LogP contribution >= 0.6 is 11.3 Å². The number of para-hydroxylation sites is 2. The Morgan fingerprint density at radius 1 is 0.423 bits per heavy atom. The van der Waals surface area contributed by atoms with E-state index in [2.05, 4.69) is 286 Å². The fraction of sp³-hybridized carbons (Fsp3) is 0.225. The van der Waals surface area contributed by atoms with Crippen molar-refractivity contribution in [1.82, 2.24) is 4.98 Å². The summed E-state index contributed by atoms with van der Waals surface area (Å²) in [4.78, 5) is 13.0. The molecule has 0 unspecified atom stereocenters. The van der Waals surface area contributed by atoms with E-state index in [4.69, 9.17) is 9.40 Å². The zero-order valence-electron chi connectivity index (χ0n) is 47.1. The van der Waals surface area contributed by atoms with Gasteiger partial charge in [-0.2, -0.15) is 0 Å². The lowest BCUT2D eigenvalue weighted by atomic mass is 9.33. The quantitative estimate of drug-likeness (QED) is 0.155. The molecule has 0 atom stereocenters. The molecule has 5 nitrogen and oxygen atoms in total. The first kappa shape index (κ1) is 49.7. The van der Waals surface area contributed by atoms with Crippen LogP contribution in [-0.2, 0) is 21.7 Å². The summed E-state index contributed by atoms with van der Waals surface area (Å²) < 4.78 is 7.80. The van der Waals surface area contributed by atoms with E-state index < -0.39 is 0 Å². The number of rotatable bonds is 6. The molecule has 4 heterocycles. The zero-order valence-corrected chi connectivity index (χ0v) is 47.9. The molecule has 11 aromatic rings. The summed E-state index contributed by atoms with van der Waals surface area (Å²) in [6.07, 6.45) is 0. The van der Waals surface area contributed by atoms with E-state index in [1.54, 1.807) is 11.3 Å². The molecule has 78 heavy (non-hydrogen) atoms. The van der Waals surface area contributed by atoms with Gasteiger partial charge < -0.3 is 19.1 Å². The SMILES string of the molecule is CC(C)(C)c1ccc(-c2nc3cc4c(cc3s2)B2c3ccc(N(c5ccccc5)c5ccccc5)cc3N(c3ccc(C(C)(C)C)cc3)c3cc(C(C)(C)C)cc(c32)N4c2ccc3oc4ccc(C(C)(C)C)cc4c3c2)cc1. The van der Waals surface area contributed by atoms with Crippen molar-refractivity contribution in [3.05, 3.63) is 210 Å². The van der Waals surface area contributed by atoms with Crippen LogP contribution < -0.4 is 31.1 Å². The normalized spacial score (nSPS) is 13.6. The van der Waals surface area contributed by atoms with Crippen molar-refractivity contribution in [3.63, 3.8) is 0 Å². The van der Waals surface area contributed by atoms with Crippen molar-refractivity contribution in [2.75, 3.05) is 14.7 Å². The number of aromatic nitrogens is 1. The summed E-state index contributed by atoms with van der Waals surface area (Å²) in [6.45, 7) is 27.5. The summed E-state index contributed by atoms with van der Waals surface area (Å²) in [5, 5.41) is 3.26. The van der Waals surface area contributed by atoms with Crippen LogP contribution in [0.4, 0.5) is 51.2 Å². The van der Waals surface area contributed by atoms with Gasteiger partial charge in [-0.1, -0.05) is 168 Å². The lowest BCUT2D eigenvalue weighted by molar-refractivity contribution is 0.590. The van der Waals surface area contributed by atoms with Crippen LogP contribution in [0.2, 0.25) is 0 Å². The lowest BCUT2D eigenvalue weighted by Gasteiger charge is -2.45. The molecule has 0 amide bonds. The van der Waals surface area contributed by atoms with Gasteiger partial charge in [0.25, 0.3) is 6.71 Å². The van der Waals surface area contributed by atoms with Gasteiger partial charge >= 0.3 is 0 Å². The Bertz CT molecular complexity index is 4090. The molecule has 2 aliphatic rings. The first-order valence-electron chi connectivity index (χ1n) is 27.6. The van der Waals surface area contributed by atoms with Crippen molar-refractivity contribution in [2.24, 2.45) is 0 Å². The van der Waals surface area contributed by atoms with Gasteiger partial charge in [-0.15, -0.1) is 11.3 Å². The molecule has 0 aliphatic carbocycles. The van der Waals surface area contributed by atoms with E-state index in [9.17, 15) is 0 Å². The third kappa shape index (κ3) is 8.41. The standard InChI is InChI=1S/C71H67BN4OS/c1-68(2,3)45-25-23-44(24-26-45)67-73-58-43-60-57(42-65(58)78-67)72-56-34-32-53(74(49-19-15-13-16-20-49)50-21-17-14-18-22-50)41-59(56)75(51-30-27-46(28-31-51)69(4,5)6)61-38-48(71(10,11)12)39-62(66(61)72)76(60)52-33-36-64-55(40-52)54-37-47(70(7,8)9)29-35-63(54)77-64/h13-43H,1-12H3. The molecule has 0 saturated heterocycles. The highest BCUT2D eigenvalue weighted by Crippen LogP contribution is 2.50. The summed E-state index contributed by atoms with van der Waals surface area (Å²) in [5.41, 5.74) is 22.8. The van der Waals surface area contributed by atoms with Crippen LogP contribution in [0.15, 0.2) is 192 Å². The summed E-state index contributed by atoms with van der Waals surface area (Å²) in [5.74, 6) is 0. The van der Waals surface area contributed by atoms with E-state index in [-0.39, 0.29) is 28.4 Å². The Balaban J connectivity index is 1.11. The van der Waals surface area contributed by atoms with Gasteiger partial charge in [0.15, 0.2) is 0 Å². The minimum Gasteiger partial charge on any atom is -0.456 e. The second kappa shape index (κ2) is 17.8. The lowest BCUT2D eigenvalue weighted by Crippen LogP contribution is -2.61. The van der Waals surface area contributed by atoms with Gasteiger partial charge in [-0.05, 0) is 163 Å². The average molecular weight is 1040 g/mol. The molecule has 0 saturated carbocycles. The number of furan rings is 1. The van der Waals surface area contributed by atoms with E-state index in [0.29, 0.717) is 0 Å². The third-order valence-corrected chi connectivity index (χ3v) is 17.3. The molecule has 2 aliphatic heterocycles. The molecule has 386 valence electrons. The molecule has 0 radical (unpaired) electrons. The maximum atomic E-state index is 6.63. The average Bonchev–Trinajstić information content (AvgIpc) is 4.07. The van der Waals surface area contributed by atoms with Crippen molar-refractivity contribution >= 4 is 118 Å². The second-order valence-corrected chi connectivity index (χ2v) is 26.8. The fourth-order valence-electron chi connectivity index (χ4n) is 11.8. The molecule has 2 aromatic heterocycles. The molecule has 7 heteroatoms. The zero-order chi connectivity index (χ0) is 54.2. The predicted molar refractivity (Wildman–Crippen MR) is 336 cm³/mol. The first-order valence-corrected chi connectivity index (χ1v) is 28.4. The Morgan fingerprint density at radius 3 is 1.53 bits per heavy atom. The molecule has 0 bridgehead atoms. The molecule has 0 N–H and O–H groups in total. The topological polar surface area (TPSA) is 35.8 Å². The van der Waals surface area contributed by atoms with Crippen LogP contribution in [0.5, 0.6) is 0 Å². The van der Waals surface area contributed by atoms with E-state index in [1.165, 1.54) is 54.7 Å². The maximum Gasteiger partial charge on any atom is 0.252 e. The Labute approximate surface area is 464 Å². The number of fused-ring (bicyclic) bond motifs is 8. The van der Waals surface area contributed by atoms with Gasteiger partial charge in [-0.25, -0.2) is 4.98 Å². The highest BCUT2D eigenvalue weighted by molar-refractivity contribution is 7.21. The Hall–Kier alpha value is -7.87. The van der Waals surface area contributed by atoms with Crippen LogP contribution in [0.25, 0.3) is 42.7 Å². The number of anilines is 9. The number of benzene rings is 9. The van der Waals surface area contributed by atoms with Crippen LogP contribution in [0.3, 0.4) is 0 Å². The van der Waals surface area contributed by atoms with Crippen LogP contribution in [-0.4, -0.2) is 11.7 Å². The van der Waals surface area contributed by atoms with E-state index >= 15 is 0 Å². The van der Waals surface area contributed by atoms with Crippen molar-refractivity contribution in [1.29, 1.82) is 0 Å². The number of hydrogen-bond donors (Lipinski definition) is 0. The molecule has 9 aromatic carbocycles. The van der Waals surface area contributed by atoms with E-state index in [1.807, 2.05) is 0 Å². The molecular weight excluding hydrogens is 968 g/mol. The monoisotopic (exact) mass is 1030 g/mol. The van der Waals surface area contributed by atoms with Crippen molar-refractivity contribution < 1.29 is 4.42 Å². The van der Waals surface area contributed by atoms with Gasteiger partial charge in [-0.3, -0.25) is 0 Å². The maximum absolute atomic E-state index is 6.63.